The Bertz CT molecular complexity index is 428. The number of hydrogen-bond donors (Lipinski definition) is 2. The maximum atomic E-state index is 10.9. The summed E-state index contributed by atoms with van der Waals surface area (Å²) in [5.41, 5.74) is 0.643. The fourth-order valence-corrected chi connectivity index (χ4v) is 3.87. The molecule has 18 heavy (non-hydrogen) atoms. The molecule has 0 bridgehead atoms. The molecule has 2 nitrogen and oxygen atoms in total. The highest BCUT2D eigenvalue weighted by atomic mass is 16.3. The van der Waals surface area contributed by atoms with Crippen LogP contribution in [0.15, 0.2) is 30.3 Å². The van der Waals surface area contributed by atoms with E-state index in [1.807, 2.05) is 37.3 Å². The van der Waals surface area contributed by atoms with Crippen LogP contribution < -0.4 is 5.32 Å². The monoisotopic (exact) mass is 245 g/mol. The first-order valence-electron chi connectivity index (χ1n) is 7.06. The molecule has 0 amide bonds. The Morgan fingerprint density at radius 2 is 2.06 bits per heavy atom. The second-order valence-electron chi connectivity index (χ2n) is 6.54. The molecular weight excluding hydrogens is 222 g/mol. The molecule has 0 unspecified atom stereocenters. The Morgan fingerprint density at radius 1 is 1.33 bits per heavy atom. The summed E-state index contributed by atoms with van der Waals surface area (Å²) in [4.78, 5) is 0. The SMILES string of the molecule is C[C@@]12CCC[C@@H]1N[C@H]([C@](C)(O)c1ccccc1)C2. The molecule has 1 saturated heterocycles. The van der Waals surface area contributed by atoms with E-state index in [9.17, 15) is 5.11 Å². The van der Waals surface area contributed by atoms with E-state index in [0.717, 1.165) is 12.0 Å². The summed E-state index contributed by atoms with van der Waals surface area (Å²) in [5, 5.41) is 14.6. The van der Waals surface area contributed by atoms with Crippen LogP contribution in [-0.4, -0.2) is 17.2 Å². The predicted molar refractivity (Wildman–Crippen MR) is 73.3 cm³/mol. The van der Waals surface area contributed by atoms with Crippen LogP contribution in [-0.2, 0) is 5.60 Å². The van der Waals surface area contributed by atoms with Crippen LogP contribution in [0.25, 0.3) is 0 Å². The van der Waals surface area contributed by atoms with Crippen molar-refractivity contribution in [1.82, 2.24) is 5.32 Å². The van der Waals surface area contributed by atoms with Gasteiger partial charge in [0.05, 0.1) is 0 Å². The van der Waals surface area contributed by atoms with Crippen molar-refractivity contribution >= 4 is 0 Å². The van der Waals surface area contributed by atoms with Crippen molar-refractivity contribution in [3.05, 3.63) is 35.9 Å². The quantitative estimate of drug-likeness (QED) is 0.839. The summed E-state index contributed by atoms with van der Waals surface area (Å²) in [6.45, 7) is 4.32. The van der Waals surface area contributed by atoms with E-state index in [2.05, 4.69) is 12.2 Å². The Kier molecular flexibility index (Phi) is 2.76. The third kappa shape index (κ3) is 1.79. The molecule has 1 aromatic rings. The molecule has 2 aliphatic rings. The maximum Gasteiger partial charge on any atom is 0.102 e. The topological polar surface area (TPSA) is 32.3 Å². The molecule has 0 aromatic heterocycles. The molecule has 1 aliphatic carbocycles. The van der Waals surface area contributed by atoms with Crippen molar-refractivity contribution in [3.63, 3.8) is 0 Å². The molecular formula is C16H23NO. The maximum absolute atomic E-state index is 10.9. The lowest BCUT2D eigenvalue weighted by molar-refractivity contribution is 0.0172. The van der Waals surface area contributed by atoms with E-state index >= 15 is 0 Å². The van der Waals surface area contributed by atoms with Gasteiger partial charge >= 0.3 is 0 Å². The highest BCUT2D eigenvalue weighted by molar-refractivity contribution is 5.25. The summed E-state index contributed by atoms with van der Waals surface area (Å²) < 4.78 is 0. The van der Waals surface area contributed by atoms with Crippen molar-refractivity contribution in [2.75, 3.05) is 0 Å². The molecule has 3 rings (SSSR count). The standard InChI is InChI=1S/C16H23NO/c1-15-10-6-9-13(15)17-14(11-15)16(2,18)12-7-4-3-5-8-12/h3-5,7-8,13-14,17-18H,6,9-11H2,1-2H3/t13-,14-,15-,16+/m0/s1. The summed E-state index contributed by atoms with van der Waals surface area (Å²) in [7, 11) is 0. The minimum atomic E-state index is -0.769. The molecule has 0 radical (unpaired) electrons. The average molecular weight is 245 g/mol. The number of nitrogens with one attached hydrogen (secondary N) is 1. The van der Waals surface area contributed by atoms with Gasteiger partial charge in [0.1, 0.15) is 5.60 Å². The minimum Gasteiger partial charge on any atom is -0.384 e. The number of aliphatic hydroxyl groups is 1. The van der Waals surface area contributed by atoms with Crippen LogP contribution in [0.2, 0.25) is 0 Å². The minimum absolute atomic E-state index is 0.176. The highest BCUT2D eigenvalue weighted by Gasteiger charge is 2.51. The average Bonchev–Trinajstić information content (AvgIpc) is 2.85. The van der Waals surface area contributed by atoms with E-state index < -0.39 is 5.60 Å². The van der Waals surface area contributed by atoms with Gasteiger partial charge in [-0.15, -0.1) is 0 Å². The van der Waals surface area contributed by atoms with Crippen LogP contribution >= 0.6 is 0 Å². The van der Waals surface area contributed by atoms with Crippen LogP contribution in [0, 0.1) is 5.41 Å². The Morgan fingerprint density at radius 3 is 2.72 bits per heavy atom. The molecule has 1 saturated carbocycles. The van der Waals surface area contributed by atoms with Gasteiger partial charge in [-0.1, -0.05) is 43.7 Å². The number of rotatable bonds is 2. The van der Waals surface area contributed by atoms with Crippen molar-refractivity contribution in [1.29, 1.82) is 0 Å². The first-order chi connectivity index (χ1) is 8.52. The van der Waals surface area contributed by atoms with Crippen LogP contribution in [0.5, 0.6) is 0 Å². The van der Waals surface area contributed by atoms with Crippen LogP contribution in [0.4, 0.5) is 0 Å². The highest BCUT2D eigenvalue weighted by Crippen LogP contribution is 2.49. The summed E-state index contributed by atoms with van der Waals surface area (Å²) >= 11 is 0. The number of hydrogen-bond acceptors (Lipinski definition) is 2. The molecule has 4 atom stereocenters. The van der Waals surface area contributed by atoms with E-state index in [1.165, 1.54) is 19.3 Å². The van der Waals surface area contributed by atoms with E-state index in [-0.39, 0.29) is 6.04 Å². The van der Waals surface area contributed by atoms with Gasteiger partial charge in [-0.3, -0.25) is 0 Å². The smallest absolute Gasteiger partial charge is 0.102 e. The zero-order chi connectivity index (χ0) is 12.8. The zero-order valence-corrected chi connectivity index (χ0v) is 11.3. The summed E-state index contributed by atoms with van der Waals surface area (Å²) in [6.07, 6.45) is 4.97. The largest absolute Gasteiger partial charge is 0.384 e. The molecule has 98 valence electrons. The van der Waals surface area contributed by atoms with Gasteiger partial charge < -0.3 is 10.4 Å². The number of fused-ring (bicyclic) bond motifs is 1. The molecule has 2 fully saturated rings. The van der Waals surface area contributed by atoms with Gasteiger partial charge in [0, 0.05) is 12.1 Å². The molecule has 0 spiro atoms. The summed E-state index contributed by atoms with van der Waals surface area (Å²) in [5.74, 6) is 0. The lowest BCUT2D eigenvalue weighted by atomic mass is 9.79. The third-order valence-corrected chi connectivity index (χ3v) is 5.19. The number of benzene rings is 1. The van der Waals surface area contributed by atoms with Crippen LogP contribution in [0.3, 0.4) is 0 Å². The van der Waals surface area contributed by atoms with Gasteiger partial charge in [0.15, 0.2) is 0 Å². The van der Waals surface area contributed by atoms with Crippen molar-refractivity contribution in [2.45, 2.75) is 57.2 Å². The Labute approximate surface area is 109 Å². The zero-order valence-electron chi connectivity index (χ0n) is 11.3. The Hall–Kier alpha value is -0.860. The molecule has 2 N–H and O–H groups in total. The normalized spacial score (nSPS) is 38.4. The van der Waals surface area contributed by atoms with E-state index in [4.69, 9.17) is 0 Å². The van der Waals surface area contributed by atoms with Gasteiger partial charge in [-0.2, -0.15) is 0 Å². The second-order valence-corrected chi connectivity index (χ2v) is 6.54. The predicted octanol–water partition coefficient (Wildman–Crippen LogP) is 2.81. The lowest BCUT2D eigenvalue weighted by Gasteiger charge is -2.32. The van der Waals surface area contributed by atoms with Crippen molar-refractivity contribution in [2.24, 2.45) is 5.41 Å². The third-order valence-electron chi connectivity index (χ3n) is 5.19. The van der Waals surface area contributed by atoms with E-state index in [1.54, 1.807) is 0 Å². The molecule has 1 heterocycles. The van der Waals surface area contributed by atoms with Gasteiger partial charge in [0.2, 0.25) is 0 Å². The van der Waals surface area contributed by atoms with E-state index in [0.29, 0.717) is 11.5 Å². The molecule has 1 aliphatic heterocycles. The Balaban J connectivity index is 1.84. The van der Waals surface area contributed by atoms with Gasteiger partial charge in [-0.05, 0) is 37.2 Å². The first-order valence-corrected chi connectivity index (χ1v) is 7.06. The fourth-order valence-electron chi connectivity index (χ4n) is 3.87. The van der Waals surface area contributed by atoms with Gasteiger partial charge in [0.25, 0.3) is 0 Å². The molecule has 1 aromatic carbocycles. The van der Waals surface area contributed by atoms with Crippen molar-refractivity contribution in [3.8, 4) is 0 Å². The van der Waals surface area contributed by atoms with Gasteiger partial charge in [-0.25, -0.2) is 0 Å². The van der Waals surface area contributed by atoms with Crippen LogP contribution in [0.1, 0.15) is 45.1 Å². The first kappa shape index (κ1) is 12.2. The lowest BCUT2D eigenvalue weighted by Crippen LogP contribution is -2.45. The van der Waals surface area contributed by atoms with Crippen molar-refractivity contribution < 1.29 is 5.11 Å². The fraction of sp³-hybridized carbons (Fsp3) is 0.625. The molecule has 2 heteroatoms. The summed E-state index contributed by atoms with van der Waals surface area (Å²) in [6, 6.07) is 10.8. The second kappa shape index (κ2) is 4.07.